The average molecular weight is 559 g/mol. The summed E-state index contributed by atoms with van der Waals surface area (Å²) in [6, 6.07) is 7.01. The minimum absolute atomic E-state index is 0.0235. The monoisotopic (exact) mass is 558 g/mol. The van der Waals surface area contributed by atoms with Crippen molar-refractivity contribution in [2.75, 3.05) is 48.7 Å². The highest BCUT2D eigenvalue weighted by atomic mass is 79.9. The van der Waals surface area contributed by atoms with Gasteiger partial charge in [0.2, 0.25) is 23.7 Å². The van der Waals surface area contributed by atoms with Crippen molar-refractivity contribution in [1.29, 1.82) is 0 Å². The minimum atomic E-state index is -0.424. The van der Waals surface area contributed by atoms with Crippen molar-refractivity contribution < 1.29 is 14.4 Å². The molecule has 12 heteroatoms. The first-order valence-electron chi connectivity index (χ1n) is 12.2. The minimum Gasteiger partial charge on any atom is -0.369 e. The number of nitrogens with one attached hydrogen (secondary N) is 5. The van der Waals surface area contributed by atoms with Gasteiger partial charge in [-0.25, -0.2) is 4.98 Å². The lowest BCUT2D eigenvalue weighted by Gasteiger charge is -2.15. The summed E-state index contributed by atoms with van der Waals surface area (Å²) in [5, 5.41) is 14.9. The largest absolute Gasteiger partial charge is 0.369 e. The van der Waals surface area contributed by atoms with Crippen LogP contribution in [0.2, 0.25) is 0 Å². The molecule has 4 rings (SSSR count). The standard InChI is InChI=1S/C24H31BrN8O3/c25-18-14-28-24(32-22(18)26-9-4-10-27-23(36)19-7-8-20(34)31-19)30-17-6-3-5-16(13-17)29-21(35)15-33-11-1-2-12-33/h3,5-6,13-14,19H,1-2,4,7-12,15H2,(H,27,36)(H,29,35)(H,31,34)(H2,26,28,30,32)/t19-/m0/s1. The highest BCUT2D eigenvalue weighted by molar-refractivity contribution is 9.10. The molecule has 1 aromatic carbocycles. The molecule has 11 nitrogen and oxygen atoms in total. The summed E-state index contributed by atoms with van der Waals surface area (Å²) < 4.78 is 0.716. The third-order valence-electron chi connectivity index (χ3n) is 5.97. The molecule has 0 spiro atoms. The van der Waals surface area contributed by atoms with Crippen LogP contribution < -0.4 is 26.6 Å². The van der Waals surface area contributed by atoms with Crippen LogP contribution in [0.1, 0.15) is 32.1 Å². The number of amides is 3. The average Bonchev–Trinajstić information content (AvgIpc) is 3.52. The molecule has 1 atom stereocenters. The summed E-state index contributed by atoms with van der Waals surface area (Å²) in [6.07, 6.45) is 5.58. The van der Waals surface area contributed by atoms with E-state index in [0.29, 0.717) is 60.8 Å². The van der Waals surface area contributed by atoms with Crippen molar-refractivity contribution in [2.45, 2.75) is 38.1 Å². The van der Waals surface area contributed by atoms with Crippen molar-refractivity contribution >= 4 is 56.8 Å². The van der Waals surface area contributed by atoms with E-state index in [4.69, 9.17) is 0 Å². The molecule has 0 saturated carbocycles. The smallest absolute Gasteiger partial charge is 0.242 e. The van der Waals surface area contributed by atoms with E-state index in [1.165, 1.54) is 0 Å². The number of carbonyl (C=O) groups is 3. The second-order valence-corrected chi connectivity index (χ2v) is 9.71. The number of carbonyl (C=O) groups excluding carboxylic acids is 3. The maximum absolute atomic E-state index is 12.3. The first-order chi connectivity index (χ1) is 17.5. The molecule has 2 aliphatic heterocycles. The van der Waals surface area contributed by atoms with Gasteiger partial charge in [-0.1, -0.05) is 6.07 Å². The maximum atomic E-state index is 12.3. The van der Waals surface area contributed by atoms with Gasteiger partial charge in [0.05, 0.1) is 11.0 Å². The highest BCUT2D eigenvalue weighted by Crippen LogP contribution is 2.23. The van der Waals surface area contributed by atoms with Crippen molar-refractivity contribution in [3.63, 3.8) is 0 Å². The number of rotatable bonds is 11. The van der Waals surface area contributed by atoms with Crippen LogP contribution >= 0.6 is 15.9 Å². The number of nitrogens with zero attached hydrogens (tertiary/aromatic N) is 3. The number of halogens is 1. The molecule has 0 radical (unpaired) electrons. The van der Waals surface area contributed by atoms with Gasteiger partial charge in [0.1, 0.15) is 11.9 Å². The molecule has 2 aromatic rings. The number of likely N-dealkylation sites (tertiary alicyclic amines) is 1. The number of hydrogen-bond acceptors (Lipinski definition) is 8. The van der Waals surface area contributed by atoms with E-state index in [1.54, 1.807) is 6.20 Å². The van der Waals surface area contributed by atoms with E-state index >= 15 is 0 Å². The van der Waals surface area contributed by atoms with Crippen molar-refractivity contribution in [3.05, 3.63) is 34.9 Å². The van der Waals surface area contributed by atoms with Crippen LogP contribution in [0.3, 0.4) is 0 Å². The SMILES string of the molecule is O=C(CN1CCCC1)Nc1cccc(Nc2ncc(Br)c(NCCCNC(=O)[C@@H]3CCC(=O)N3)n2)c1. The van der Waals surface area contributed by atoms with Gasteiger partial charge in [-0.05, 0) is 72.9 Å². The highest BCUT2D eigenvalue weighted by Gasteiger charge is 2.26. The zero-order valence-corrected chi connectivity index (χ0v) is 21.6. The van der Waals surface area contributed by atoms with Crippen LogP contribution in [-0.4, -0.2) is 71.4 Å². The summed E-state index contributed by atoms with van der Waals surface area (Å²) in [4.78, 5) is 46.6. The summed E-state index contributed by atoms with van der Waals surface area (Å²) in [6.45, 7) is 3.43. The Balaban J connectivity index is 1.24. The molecule has 0 bridgehead atoms. The summed E-state index contributed by atoms with van der Waals surface area (Å²) in [7, 11) is 0. The number of anilines is 4. The van der Waals surface area contributed by atoms with Gasteiger partial charge in [0.15, 0.2) is 0 Å². The predicted octanol–water partition coefficient (Wildman–Crippen LogP) is 2.21. The Morgan fingerprint density at radius 2 is 1.97 bits per heavy atom. The normalized spacial score (nSPS) is 17.5. The van der Waals surface area contributed by atoms with Crippen molar-refractivity contribution in [1.82, 2.24) is 25.5 Å². The quantitative estimate of drug-likeness (QED) is 0.264. The molecule has 5 N–H and O–H groups in total. The molecule has 3 heterocycles. The Kier molecular flexibility index (Phi) is 9.06. The number of hydrogen-bond donors (Lipinski definition) is 5. The fourth-order valence-electron chi connectivity index (χ4n) is 4.14. The van der Waals surface area contributed by atoms with Crippen LogP contribution in [0, 0.1) is 0 Å². The lowest BCUT2D eigenvalue weighted by molar-refractivity contribution is -0.125. The fraction of sp³-hybridized carbons (Fsp3) is 0.458. The lowest BCUT2D eigenvalue weighted by Crippen LogP contribution is -2.42. The van der Waals surface area contributed by atoms with Gasteiger partial charge < -0.3 is 26.6 Å². The number of aromatic nitrogens is 2. The van der Waals surface area contributed by atoms with E-state index in [2.05, 4.69) is 57.4 Å². The summed E-state index contributed by atoms with van der Waals surface area (Å²) in [5.41, 5.74) is 1.46. The van der Waals surface area contributed by atoms with E-state index in [1.807, 2.05) is 24.3 Å². The topological polar surface area (TPSA) is 140 Å². The molecule has 2 saturated heterocycles. The molecule has 0 unspecified atom stereocenters. The Bertz CT molecular complexity index is 1090. The van der Waals surface area contributed by atoms with Crippen LogP contribution in [0.5, 0.6) is 0 Å². The molecule has 36 heavy (non-hydrogen) atoms. The van der Waals surface area contributed by atoms with E-state index in [0.717, 1.165) is 31.6 Å². The summed E-state index contributed by atoms with van der Waals surface area (Å²) >= 11 is 3.46. The molecule has 192 valence electrons. The van der Waals surface area contributed by atoms with Gasteiger partial charge in [-0.2, -0.15) is 4.98 Å². The molecule has 1 aromatic heterocycles. The predicted molar refractivity (Wildman–Crippen MR) is 141 cm³/mol. The third kappa shape index (κ3) is 7.62. The Hall–Kier alpha value is -3.25. The molecule has 0 aliphatic carbocycles. The molecule has 2 fully saturated rings. The number of benzene rings is 1. The molecular weight excluding hydrogens is 528 g/mol. The zero-order valence-electron chi connectivity index (χ0n) is 20.0. The Labute approximate surface area is 218 Å². The molecule has 3 amide bonds. The molecule has 2 aliphatic rings. The van der Waals surface area contributed by atoms with Crippen LogP contribution in [0.15, 0.2) is 34.9 Å². The summed E-state index contributed by atoms with van der Waals surface area (Å²) in [5.74, 6) is 0.780. The third-order valence-corrected chi connectivity index (χ3v) is 6.55. The van der Waals surface area contributed by atoms with Gasteiger partial charge in [0, 0.05) is 37.1 Å². The van der Waals surface area contributed by atoms with E-state index in [-0.39, 0.29) is 17.7 Å². The van der Waals surface area contributed by atoms with Crippen molar-refractivity contribution in [2.24, 2.45) is 0 Å². The Morgan fingerprint density at radius 1 is 1.17 bits per heavy atom. The first kappa shape index (κ1) is 25.8. The van der Waals surface area contributed by atoms with Crippen LogP contribution in [-0.2, 0) is 14.4 Å². The van der Waals surface area contributed by atoms with Crippen LogP contribution in [0.4, 0.5) is 23.1 Å². The van der Waals surface area contributed by atoms with Gasteiger partial charge in [-0.15, -0.1) is 0 Å². The van der Waals surface area contributed by atoms with Gasteiger partial charge >= 0.3 is 0 Å². The first-order valence-corrected chi connectivity index (χ1v) is 13.0. The van der Waals surface area contributed by atoms with Crippen LogP contribution in [0.25, 0.3) is 0 Å². The second-order valence-electron chi connectivity index (χ2n) is 8.86. The van der Waals surface area contributed by atoms with E-state index in [9.17, 15) is 14.4 Å². The second kappa shape index (κ2) is 12.6. The zero-order chi connectivity index (χ0) is 25.3. The lowest BCUT2D eigenvalue weighted by atomic mass is 10.2. The fourth-order valence-corrected chi connectivity index (χ4v) is 4.47. The maximum Gasteiger partial charge on any atom is 0.242 e. The van der Waals surface area contributed by atoms with E-state index < -0.39 is 6.04 Å². The molecular formula is C24H31BrN8O3. The van der Waals surface area contributed by atoms with Gasteiger partial charge in [0.25, 0.3) is 0 Å². The Morgan fingerprint density at radius 3 is 2.75 bits per heavy atom. The van der Waals surface area contributed by atoms with Gasteiger partial charge in [-0.3, -0.25) is 19.3 Å². The van der Waals surface area contributed by atoms with Crippen molar-refractivity contribution in [3.8, 4) is 0 Å².